The lowest BCUT2D eigenvalue weighted by molar-refractivity contribution is -0.757. The molecule has 0 aromatic carbocycles. The van der Waals surface area contributed by atoms with Gasteiger partial charge in [-0.15, -0.1) is 20.2 Å². The van der Waals surface area contributed by atoms with Gasteiger partial charge in [0.2, 0.25) is 17.3 Å². The number of ketones is 2. The Labute approximate surface area is 295 Å². The van der Waals surface area contributed by atoms with Crippen LogP contribution in [0.3, 0.4) is 0 Å². The van der Waals surface area contributed by atoms with Crippen molar-refractivity contribution in [3.05, 3.63) is 43.8 Å². The Morgan fingerprint density at radius 3 is 2.25 bits per heavy atom. The third kappa shape index (κ3) is 7.35. The molecule has 0 aliphatic heterocycles. The molecule has 2 fully saturated rings. The average Bonchev–Trinajstić information content (AvgIpc) is 3.28. The number of fused-ring (bicyclic) bond motifs is 5. The van der Waals surface area contributed by atoms with Crippen molar-refractivity contribution in [2.75, 3.05) is 26.4 Å². The molecule has 0 saturated heterocycles. The molecule has 1 amide bonds. The number of aliphatic hydroxyl groups excluding tert-OH is 2. The minimum atomic E-state index is -2.58. The molecule has 52 heavy (non-hydrogen) atoms. The number of amides is 1. The van der Waals surface area contributed by atoms with Crippen molar-refractivity contribution in [2.45, 2.75) is 95.1 Å². The van der Waals surface area contributed by atoms with Crippen LogP contribution < -0.4 is 5.32 Å². The van der Waals surface area contributed by atoms with Gasteiger partial charge in [-0.05, 0) is 50.2 Å². The van der Waals surface area contributed by atoms with E-state index in [4.69, 9.17) is 9.47 Å². The fourth-order valence-electron chi connectivity index (χ4n) is 8.60. The molecule has 3 N–H and O–H groups in total. The first-order valence-electron chi connectivity index (χ1n) is 16.7. The summed E-state index contributed by atoms with van der Waals surface area (Å²) in [5, 5.41) is 44.3. The van der Waals surface area contributed by atoms with Gasteiger partial charge in [0.25, 0.3) is 10.2 Å². The molecule has 0 spiro atoms. The number of nitrogens with one attached hydrogen (secondary N) is 1. The van der Waals surface area contributed by atoms with Gasteiger partial charge in [0.1, 0.15) is 11.9 Å². The number of ether oxygens (including phenoxy) is 2. The quantitative estimate of drug-likeness (QED) is 0.0825. The van der Waals surface area contributed by atoms with Crippen LogP contribution in [0.4, 0.5) is 8.78 Å². The van der Waals surface area contributed by atoms with Crippen molar-refractivity contribution in [1.29, 1.82) is 0 Å². The summed E-state index contributed by atoms with van der Waals surface area (Å²) in [6.07, 6.45) is -4.80. The molecular weight excluding hydrogens is 704 g/mol. The monoisotopic (exact) mass is 745 g/mol. The van der Waals surface area contributed by atoms with E-state index in [1.54, 1.807) is 0 Å². The first-order chi connectivity index (χ1) is 24.3. The Morgan fingerprint density at radius 2 is 1.62 bits per heavy atom. The molecule has 0 radical (unpaired) electrons. The summed E-state index contributed by atoms with van der Waals surface area (Å²) in [4.78, 5) is 93.0. The summed E-state index contributed by atoms with van der Waals surface area (Å²) in [5.41, 5.74) is -8.81. The summed E-state index contributed by atoms with van der Waals surface area (Å²) in [6.45, 7) is 0.592. The number of hydrogen-bond acceptors (Lipinski definition) is 15. The van der Waals surface area contributed by atoms with Gasteiger partial charge < -0.3 is 34.7 Å². The van der Waals surface area contributed by atoms with Crippen LogP contribution in [0.5, 0.6) is 0 Å². The zero-order valence-corrected chi connectivity index (χ0v) is 28.5. The fraction of sp³-hybridized carbons (Fsp3) is 0.719. The van der Waals surface area contributed by atoms with Gasteiger partial charge in [0, 0.05) is 49.0 Å². The number of carbonyl (C=O) groups is 5. The van der Waals surface area contributed by atoms with Gasteiger partial charge in [-0.2, -0.15) is 0 Å². The number of alkyl halides is 1. The number of halogens is 2. The van der Waals surface area contributed by atoms with Crippen molar-refractivity contribution in [2.24, 2.45) is 22.7 Å². The van der Waals surface area contributed by atoms with Gasteiger partial charge >= 0.3 is 11.9 Å². The van der Waals surface area contributed by atoms with E-state index in [9.17, 15) is 54.4 Å². The van der Waals surface area contributed by atoms with Gasteiger partial charge in [0.15, 0.2) is 18.1 Å². The minimum absolute atomic E-state index is 0.0240. The van der Waals surface area contributed by atoms with Crippen molar-refractivity contribution < 1.29 is 72.3 Å². The fourth-order valence-corrected chi connectivity index (χ4v) is 8.60. The predicted octanol–water partition coefficient (Wildman–Crippen LogP) is 1.50. The molecule has 18 nitrogen and oxygen atoms in total. The molecule has 0 aromatic rings. The molecule has 2 saturated carbocycles. The van der Waals surface area contributed by atoms with E-state index in [0.29, 0.717) is 0 Å². The van der Waals surface area contributed by atoms with Crippen LogP contribution in [0.1, 0.15) is 71.6 Å². The van der Waals surface area contributed by atoms with Crippen LogP contribution in [-0.4, -0.2) is 99.6 Å². The van der Waals surface area contributed by atoms with E-state index in [0.717, 1.165) is 6.08 Å². The summed E-state index contributed by atoms with van der Waals surface area (Å²) >= 11 is 0. The molecule has 8 atom stereocenters. The second-order valence-electron chi connectivity index (χ2n) is 13.9. The molecule has 0 heterocycles. The summed E-state index contributed by atoms with van der Waals surface area (Å²) in [5.74, 6) is -7.53. The maximum Gasteiger partial charge on any atom is 0.308 e. The summed E-state index contributed by atoms with van der Waals surface area (Å²) in [7, 11) is 0. The smallest absolute Gasteiger partial charge is 0.308 e. The van der Waals surface area contributed by atoms with Crippen LogP contribution in [0.25, 0.3) is 0 Å². The summed E-state index contributed by atoms with van der Waals surface area (Å²) in [6, 6.07) is 0. The highest BCUT2D eigenvalue weighted by atomic mass is 19.1. The Morgan fingerprint density at radius 1 is 0.981 bits per heavy atom. The second kappa shape index (κ2) is 15.6. The van der Waals surface area contributed by atoms with Crippen LogP contribution in [0, 0.1) is 42.9 Å². The Bertz CT molecular complexity index is 1560. The first kappa shape index (κ1) is 40.2. The molecule has 4 aliphatic rings. The van der Waals surface area contributed by atoms with E-state index in [-0.39, 0.29) is 38.0 Å². The molecule has 20 heteroatoms. The second-order valence-corrected chi connectivity index (χ2v) is 13.9. The van der Waals surface area contributed by atoms with E-state index in [2.05, 4.69) is 15.0 Å². The lowest BCUT2D eigenvalue weighted by Gasteiger charge is -2.62. The highest BCUT2D eigenvalue weighted by Crippen LogP contribution is 2.70. The molecule has 0 bridgehead atoms. The van der Waals surface area contributed by atoms with Crippen molar-refractivity contribution in [3.63, 3.8) is 0 Å². The largest absolute Gasteiger partial charge is 0.457 e. The third-order valence-corrected chi connectivity index (χ3v) is 11.0. The minimum Gasteiger partial charge on any atom is -0.457 e. The molecule has 4 rings (SSSR count). The standard InChI is InChI=1S/C32H41F2N3O15/c1-29-9-7-18(38)13-21(29)22(33)14-20-19-15-23(39)32(30(19,2)16-24(40)31(20,29)34,52-28(44)6-4-12-51-37(47)48)25(41)17-49-27(43)8-10-35-26(42)5-3-11-50-36(45)46/h7,9,19-20,23-24,39-40H,3-6,8,10-17H2,1-2H3,(H,35,42)/t19?,20?,23-,24+,29+,30+,31+,32+/m1/s1. The van der Waals surface area contributed by atoms with Crippen LogP contribution in [0.15, 0.2) is 23.6 Å². The lowest BCUT2D eigenvalue weighted by Crippen LogP contribution is -2.70. The molecule has 288 valence electrons. The number of aliphatic hydroxyl groups is 2. The van der Waals surface area contributed by atoms with E-state index < -0.39 is 143 Å². The van der Waals surface area contributed by atoms with Crippen molar-refractivity contribution >= 4 is 29.4 Å². The number of nitrogens with zero attached hydrogens (tertiary/aromatic N) is 2. The molecule has 4 aliphatic carbocycles. The first-order valence-corrected chi connectivity index (χ1v) is 16.7. The molecule has 2 unspecified atom stereocenters. The van der Waals surface area contributed by atoms with E-state index in [1.807, 2.05) is 0 Å². The van der Waals surface area contributed by atoms with Gasteiger partial charge in [0.05, 0.1) is 25.7 Å². The van der Waals surface area contributed by atoms with Crippen LogP contribution in [0.2, 0.25) is 0 Å². The van der Waals surface area contributed by atoms with Crippen LogP contribution >= 0.6 is 0 Å². The number of Topliss-reactive ketones (excluding diaryl/α,β-unsaturated/α-hetero) is 1. The zero-order valence-electron chi connectivity index (χ0n) is 28.5. The van der Waals surface area contributed by atoms with Gasteiger partial charge in [-0.25, -0.2) is 8.78 Å². The van der Waals surface area contributed by atoms with E-state index >= 15 is 8.78 Å². The Balaban J connectivity index is 1.56. The van der Waals surface area contributed by atoms with Crippen molar-refractivity contribution in [3.8, 4) is 0 Å². The Kier molecular flexibility index (Phi) is 12.0. The van der Waals surface area contributed by atoms with Crippen molar-refractivity contribution in [1.82, 2.24) is 5.32 Å². The average molecular weight is 746 g/mol. The van der Waals surface area contributed by atoms with Gasteiger partial charge in [-0.3, -0.25) is 24.0 Å². The lowest BCUT2D eigenvalue weighted by atomic mass is 9.45. The Hall–Kier alpha value is -4.59. The zero-order chi connectivity index (χ0) is 38.6. The number of carbonyl (C=O) groups excluding carboxylic acids is 5. The van der Waals surface area contributed by atoms with Gasteiger partial charge in [-0.1, -0.05) is 13.0 Å². The van der Waals surface area contributed by atoms with E-state index in [1.165, 1.54) is 19.9 Å². The number of allylic oxidation sites excluding steroid dienone is 4. The number of esters is 2. The van der Waals surface area contributed by atoms with Crippen LogP contribution in [-0.2, 0) is 43.1 Å². The number of hydrogen-bond donors (Lipinski definition) is 3. The topological polar surface area (TPSA) is 261 Å². The third-order valence-electron chi connectivity index (χ3n) is 11.0. The SMILES string of the molecule is C[C@]12C=CC(=O)CC1=C(F)CC1C3C[C@@H](O)[C@](OC(=O)CCCO[N+](=O)[O-])(C(=O)COC(=O)CCNC(=O)CCCO[N+](=O)[O-])[C@@]3(C)C[C@H](O)[C@@]12F. The summed E-state index contributed by atoms with van der Waals surface area (Å²) < 4.78 is 44.3. The maximum atomic E-state index is 17.6. The molecular formula is C32H41F2N3O15. The molecule has 0 aromatic heterocycles. The maximum absolute atomic E-state index is 17.6. The predicted molar refractivity (Wildman–Crippen MR) is 167 cm³/mol. The normalized spacial score (nSPS) is 33.2. The highest BCUT2D eigenvalue weighted by molar-refractivity contribution is 5.95. The highest BCUT2D eigenvalue weighted by Gasteiger charge is 2.78. The number of rotatable bonds is 17.